The second-order valence-electron chi connectivity index (χ2n) is 5.81. The molecule has 22 heavy (non-hydrogen) atoms. The number of hydrogen-bond acceptors (Lipinski definition) is 3. The van der Waals surface area contributed by atoms with Crippen LogP contribution in [0.5, 0.6) is 0 Å². The van der Waals surface area contributed by atoms with Gasteiger partial charge >= 0.3 is 0 Å². The molecule has 1 aromatic rings. The van der Waals surface area contributed by atoms with E-state index in [9.17, 15) is 9.59 Å². The van der Waals surface area contributed by atoms with Crippen molar-refractivity contribution in [3.8, 4) is 0 Å². The lowest BCUT2D eigenvalue weighted by Gasteiger charge is -2.17. The third-order valence-electron chi connectivity index (χ3n) is 4.29. The molecule has 2 rings (SSSR count). The van der Waals surface area contributed by atoms with Crippen molar-refractivity contribution in [3.05, 3.63) is 35.4 Å². The molecule has 5 heteroatoms. The molecule has 0 unspecified atom stereocenters. The number of carbonyl (C=O) groups is 2. The van der Waals surface area contributed by atoms with Gasteiger partial charge in [0, 0.05) is 24.6 Å². The first-order chi connectivity index (χ1) is 10.7. The van der Waals surface area contributed by atoms with Crippen molar-refractivity contribution in [3.63, 3.8) is 0 Å². The first-order valence-corrected chi connectivity index (χ1v) is 8.00. The summed E-state index contributed by atoms with van der Waals surface area (Å²) in [7, 11) is 0. The largest absolute Gasteiger partial charge is 0.352 e. The second kappa shape index (κ2) is 7.94. The van der Waals surface area contributed by atoms with Crippen molar-refractivity contribution in [1.29, 1.82) is 0 Å². The Hall–Kier alpha value is -1.88. The van der Waals surface area contributed by atoms with Gasteiger partial charge in [-0.2, -0.15) is 0 Å². The first kappa shape index (κ1) is 16.5. The molecule has 0 spiro atoms. The molecule has 0 saturated heterocycles. The molecule has 0 radical (unpaired) electrons. The predicted molar refractivity (Wildman–Crippen MR) is 86.2 cm³/mol. The fourth-order valence-corrected chi connectivity index (χ4v) is 3.07. The highest BCUT2D eigenvalue weighted by molar-refractivity contribution is 5.94. The Balaban J connectivity index is 1.92. The molecule has 2 amide bonds. The molecule has 0 bridgehead atoms. The maximum atomic E-state index is 12.3. The zero-order valence-electron chi connectivity index (χ0n) is 13.1. The minimum absolute atomic E-state index is 0.0385. The van der Waals surface area contributed by atoms with Crippen molar-refractivity contribution in [2.45, 2.75) is 32.7 Å². The molecule has 1 aromatic carbocycles. The molecule has 1 saturated carbocycles. The van der Waals surface area contributed by atoms with Gasteiger partial charge in [-0.15, -0.1) is 0 Å². The molecule has 4 N–H and O–H groups in total. The normalized spacial score (nSPS) is 20.6. The fraction of sp³-hybridized carbons (Fsp3) is 0.529. The molecule has 1 aliphatic rings. The van der Waals surface area contributed by atoms with Crippen molar-refractivity contribution >= 4 is 11.8 Å². The Morgan fingerprint density at radius 3 is 2.82 bits per heavy atom. The molecule has 0 heterocycles. The van der Waals surface area contributed by atoms with Crippen LogP contribution in [0.1, 0.15) is 42.1 Å². The average molecular weight is 303 g/mol. The molecular formula is C17H25N3O2. The monoisotopic (exact) mass is 303 g/mol. The maximum absolute atomic E-state index is 12.3. The number of nitrogens with one attached hydrogen (secondary N) is 2. The standard InChI is InChI=1S/C17H25N3O2/c1-2-19-16(21)13-6-3-5-12(9-13)11-20-17(22)15-8-4-7-14(15)10-18/h3,5-6,9,14-15H,2,4,7-8,10-11,18H2,1H3,(H,19,21)(H,20,22)/t14-,15-/m1/s1. The Bertz CT molecular complexity index is 530. The Morgan fingerprint density at radius 1 is 1.27 bits per heavy atom. The summed E-state index contributed by atoms with van der Waals surface area (Å²) in [6.07, 6.45) is 3.04. The van der Waals surface area contributed by atoms with Crippen LogP contribution < -0.4 is 16.4 Å². The lowest BCUT2D eigenvalue weighted by Crippen LogP contribution is -2.34. The Morgan fingerprint density at radius 2 is 2.09 bits per heavy atom. The van der Waals surface area contributed by atoms with Crippen molar-refractivity contribution < 1.29 is 9.59 Å². The van der Waals surface area contributed by atoms with E-state index in [4.69, 9.17) is 5.73 Å². The van der Waals surface area contributed by atoms with Gasteiger partial charge in [-0.25, -0.2) is 0 Å². The summed E-state index contributed by atoms with van der Waals surface area (Å²) >= 11 is 0. The third kappa shape index (κ3) is 4.07. The van der Waals surface area contributed by atoms with E-state index < -0.39 is 0 Å². The lowest BCUT2D eigenvalue weighted by molar-refractivity contribution is -0.126. The van der Waals surface area contributed by atoms with Gasteiger partial charge in [0.2, 0.25) is 5.91 Å². The highest BCUT2D eigenvalue weighted by Gasteiger charge is 2.31. The molecular weight excluding hydrogens is 278 g/mol. The fourth-order valence-electron chi connectivity index (χ4n) is 3.07. The van der Waals surface area contributed by atoms with Gasteiger partial charge in [0.25, 0.3) is 5.91 Å². The van der Waals surface area contributed by atoms with Crippen LogP contribution in [0, 0.1) is 11.8 Å². The summed E-state index contributed by atoms with van der Waals surface area (Å²) in [5.41, 5.74) is 7.28. The van der Waals surface area contributed by atoms with Crippen molar-refractivity contribution in [2.75, 3.05) is 13.1 Å². The number of amides is 2. The predicted octanol–water partition coefficient (Wildman–Crippen LogP) is 1.43. The molecule has 120 valence electrons. The minimum Gasteiger partial charge on any atom is -0.352 e. The number of carbonyl (C=O) groups excluding carboxylic acids is 2. The van der Waals surface area contributed by atoms with Crippen LogP contribution in [0.3, 0.4) is 0 Å². The summed E-state index contributed by atoms with van der Waals surface area (Å²) < 4.78 is 0. The first-order valence-electron chi connectivity index (χ1n) is 8.00. The van der Waals surface area contributed by atoms with E-state index in [1.807, 2.05) is 25.1 Å². The smallest absolute Gasteiger partial charge is 0.251 e. The summed E-state index contributed by atoms with van der Waals surface area (Å²) in [4.78, 5) is 24.1. The van der Waals surface area contributed by atoms with Crippen molar-refractivity contribution in [2.24, 2.45) is 17.6 Å². The zero-order chi connectivity index (χ0) is 15.9. The number of rotatable bonds is 6. The van der Waals surface area contributed by atoms with Gasteiger partial charge in [-0.05, 0) is 49.9 Å². The van der Waals surface area contributed by atoms with E-state index in [0.29, 0.717) is 31.1 Å². The molecule has 5 nitrogen and oxygen atoms in total. The Labute approximate surface area is 131 Å². The highest BCUT2D eigenvalue weighted by Crippen LogP contribution is 2.30. The van der Waals surface area contributed by atoms with E-state index in [1.54, 1.807) is 6.07 Å². The van der Waals surface area contributed by atoms with Gasteiger partial charge < -0.3 is 16.4 Å². The lowest BCUT2D eigenvalue weighted by atomic mass is 9.95. The van der Waals surface area contributed by atoms with Gasteiger partial charge in [0.05, 0.1) is 0 Å². The van der Waals surface area contributed by atoms with Crippen LogP contribution in [0.15, 0.2) is 24.3 Å². The summed E-state index contributed by atoms with van der Waals surface area (Å²) in [6.45, 7) is 3.50. The molecule has 1 aliphatic carbocycles. The van der Waals surface area contributed by atoms with Gasteiger partial charge in [0.15, 0.2) is 0 Å². The molecule has 0 aromatic heterocycles. The second-order valence-corrected chi connectivity index (χ2v) is 5.81. The minimum atomic E-state index is -0.0883. The van der Waals surface area contributed by atoms with Gasteiger partial charge in [0.1, 0.15) is 0 Å². The van der Waals surface area contributed by atoms with E-state index in [0.717, 1.165) is 24.8 Å². The number of nitrogens with two attached hydrogens (primary N) is 1. The van der Waals surface area contributed by atoms with Crippen molar-refractivity contribution in [1.82, 2.24) is 10.6 Å². The maximum Gasteiger partial charge on any atom is 0.251 e. The van der Waals surface area contributed by atoms with E-state index in [-0.39, 0.29) is 17.7 Å². The van der Waals surface area contributed by atoms with E-state index in [2.05, 4.69) is 10.6 Å². The highest BCUT2D eigenvalue weighted by atomic mass is 16.2. The van der Waals surface area contributed by atoms with Crippen LogP contribution in [-0.4, -0.2) is 24.9 Å². The zero-order valence-corrected chi connectivity index (χ0v) is 13.1. The molecule has 0 aliphatic heterocycles. The van der Waals surface area contributed by atoms with Crippen LogP contribution in [-0.2, 0) is 11.3 Å². The summed E-state index contributed by atoms with van der Waals surface area (Å²) in [5.74, 6) is 0.337. The van der Waals surface area contributed by atoms with Gasteiger partial charge in [-0.3, -0.25) is 9.59 Å². The van der Waals surface area contributed by atoms with Crippen LogP contribution in [0.4, 0.5) is 0 Å². The van der Waals surface area contributed by atoms with E-state index >= 15 is 0 Å². The number of hydrogen-bond donors (Lipinski definition) is 3. The Kier molecular flexibility index (Phi) is 5.95. The van der Waals surface area contributed by atoms with Crippen LogP contribution in [0.25, 0.3) is 0 Å². The molecule has 1 fully saturated rings. The quantitative estimate of drug-likeness (QED) is 0.743. The van der Waals surface area contributed by atoms with E-state index in [1.165, 1.54) is 0 Å². The number of benzene rings is 1. The van der Waals surface area contributed by atoms with Gasteiger partial charge in [-0.1, -0.05) is 18.6 Å². The van der Waals surface area contributed by atoms with Crippen LogP contribution in [0.2, 0.25) is 0 Å². The SMILES string of the molecule is CCNC(=O)c1cccc(CNC(=O)[C@@H]2CCC[C@@H]2CN)c1. The molecule has 2 atom stereocenters. The van der Waals surface area contributed by atoms with Crippen LogP contribution >= 0.6 is 0 Å². The average Bonchev–Trinajstić information content (AvgIpc) is 3.02. The third-order valence-corrected chi connectivity index (χ3v) is 4.29. The summed E-state index contributed by atoms with van der Waals surface area (Å²) in [6, 6.07) is 7.35. The summed E-state index contributed by atoms with van der Waals surface area (Å²) in [5, 5.41) is 5.75. The topological polar surface area (TPSA) is 84.2 Å².